The highest BCUT2D eigenvalue weighted by Crippen LogP contribution is 2.31. The summed E-state index contributed by atoms with van der Waals surface area (Å²) in [7, 11) is 1.42. The van der Waals surface area contributed by atoms with E-state index in [2.05, 4.69) is 10.4 Å². The molecule has 1 N–H and O–H groups in total. The van der Waals surface area contributed by atoms with Gasteiger partial charge in [0.25, 0.3) is 12.3 Å². The Hall–Kier alpha value is -2.22. The first-order valence-corrected chi connectivity index (χ1v) is 8.02. The van der Waals surface area contributed by atoms with Crippen LogP contribution in [0.5, 0.6) is 0 Å². The second kappa shape index (κ2) is 7.77. The van der Waals surface area contributed by atoms with Gasteiger partial charge in [0.2, 0.25) is 0 Å². The minimum Gasteiger partial charge on any atom is -0.465 e. The summed E-state index contributed by atoms with van der Waals surface area (Å²) in [6.45, 7) is 2.06. The van der Waals surface area contributed by atoms with Crippen LogP contribution in [0, 0.1) is 5.92 Å². The molecule has 0 aliphatic heterocycles. The van der Waals surface area contributed by atoms with Gasteiger partial charge in [0.1, 0.15) is 11.6 Å². The number of rotatable bonds is 6. The van der Waals surface area contributed by atoms with E-state index in [1.54, 1.807) is 12.2 Å². The zero-order valence-corrected chi connectivity index (χ0v) is 14.5. The van der Waals surface area contributed by atoms with Crippen LogP contribution < -0.4 is 5.32 Å². The number of esters is 1. The number of halogens is 3. The largest absolute Gasteiger partial charge is 0.465 e. The molecule has 1 aliphatic rings. The highest BCUT2D eigenvalue weighted by atomic mass is 35.5. The molecule has 1 amide bonds. The van der Waals surface area contributed by atoms with Crippen LogP contribution in [0.15, 0.2) is 30.5 Å². The number of carbonyl (C=O) groups excluding carboxylic acids is 2. The quantitative estimate of drug-likeness (QED) is 0.472. The zero-order chi connectivity index (χ0) is 18.6. The first-order chi connectivity index (χ1) is 11.8. The summed E-state index contributed by atoms with van der Waals surface area (Å²) in [6.07, 6.45) is 4.93. The molecule has 1 heterocycles. The third-order valence-electron chi connectivity index (χ3n) is 3.52. The number of nitrogens with zero attached hydrogens (tertiary/aromatic N) is 2. The molecule has 0 radical (unpaired) electrons. The van der Waals surface area contributed by atoms with Crippen molar-refractivity contribution in [1.29, 1.82) is 0 Å². The van der Waals surface area contributed by atoms with Gasteiger partial charge >= 0.3 is 5.97 Å². The van der Waals surface area contributed by atoms with E-state index in [0.29, 0.717) is 6.42 Å². The van der Waals surface area contributed by atoms with E-state index in [1.165, 1.54) is 25.4 Å². The lowest BCUT2D eigenvalue weighted by atomic mass is 9.94. The summed E-state index contributed by atoms with van der Waals surface area (Å²) >= 11 is 6.41. The molecule has 2 rings (SSSR count). The number of aryl methyl sites for hydroxylation is 1. The maximum Gasteiger partial charge on any atom is 0.316 e. The Morgan fingerprint density at radius 3 is 2.84 bits per heavy atom. The molecule has 1 aliphatic carbocycles. The Balaban J connectivity index is 2.24. The molecule has 136 valence electrons. The van der Waals surface area contributed by atoms with Gasteiger partial charge in [-0.25, -0.2) is 8.78 Å². The number of hydrogen-bond donors (Lipinski definition) is 1. The molecule has 25 heavy (non-hydrogen) atoms. The van der Waals surface area contributed by atoms with Crippen molar-refractivity contribution in [2.75, 3.05) is 6.61 Å². The molecule has 0 saturated heterocycles. The fourth-order valence-electron chi connectivity index (χ4n) is 2.36. The summed E-state index contributed by atoms with van der Waals surface area (Å²) in [5.74, 6) is -2.45. The van der Waals surface area contributed by atoms with Crippen molar-refractivity contribution in [2.24, 2.45) is 13.0 Å². The summed E-state index contributed by atoms with van der Waals surface area (Å²) in [4.78, 5) is 23.0. The number of allylic oxidation sites excluding steroid dienone is 2. The minimum absolute atomic E-state index is 0.214. The maximum atomic E-state index is 13.0. The Morgan fingerprint density at radius 2 is 2.20 bits per heavy atom. The number of amides is 1. The average molecular weight is 374 g/mol. The van der Waals surface area contributed by atoms with E-state index < -0.39 is 34.9 Å². The second-order valence-corrected chi connectivity index (χ2v) is 6.14. The predicted molar refractivity (Wildman–Crippen MR) is 87.2 cm³/mol. The molecule has 1 unspecified atom stereocenters. The monoisotopic (exact) mass is 373 g/mol. The molecule has 0 aromatic carbocycles. The lowest BCUT2D eigenvalue weighted by Crippen LogP contribution is -2.51. The molecule has 0 saturated carbocycles. The molecular formula is C16H18ClF2N3O3. The van der Waals surface area contributed by atoms with E-state index in [9.17, 15) is 18.4 Å². The van der Waals surface area contributed by atoms with Gasteiger partial charge in [0.05, 0.1) is 12.2 Å². The van der Waals surface area contributed by atoms with Crippen molar-refractivity contribution >= 4 is 23.5 Å². The van der Waals surface area contributed by atoms with Crippen LogP contribution in [0.3, 0.4) is 0 Å². The van der Waals surface area contributed by atoms with Gasteiger partial charge in [-0.15, -0.1) is 0 Å². The lowest BCUT2D eigenvalue weighted by molar-refractivity contribution is -0.147. The summed E-state index contributed by atoms with van der Waals surface area (Å²) < 4.78 is 32.3. The molecule has 1 aromatic heterocycles. The highest BCUT2D eigenvalue weighted by molar-refractivity contribution is 6.28. The summed E-state index contributed by atoms with van der Waals surface area (Å²) in [5.41, 5.74) is -0.957. The fourth-order valence-corrected chi connectivity index (χ4v) is 2.68. The van der Waals surface area contributed by atoms with Gasteiger partial charge in [-0.3, -0.25) is 14.3 Å². The van der Waals surface area contributed by atoms with Gasteiger partial charge < -0.3 is 10.1 Å². The maximum absolute atomic E-state index is 13.0. The van der Waals surface area contributed by atoms with E-state index in [1.807, 2.05) is 6.92 Å². The molecule has 2 atom stereocenters. The van der Waals surface area contributed by atoms with Crippen molar-refractivity contribution in [3.8, 4) is 0 Å². The van der Waals surface area contributed by atoms with Crippen molar-refractivity contribution in [3.05, 3.63) is 41.8 Å². The van der Waals surface area contributed by atoms with E-state index in [-0.39, 0.29) is 12.2 Å². The van der Waals surface area contributed by atoms with E-state index >= 15 is 0 Å². The summed E-state index contributed by atoms with van der Waals surface area (Å²) in [5, 5.41) is 6.01. The van der Waals surface area contributed by atoms with Crippen molar-refractivity contribution in [2.45, 2.75) is 24.8 Å². The van der Waals surface area contributed by atoms with Gasteiger partial charge in [-0.2, -0.15) is 5.10 Å². The van der Waals surface area contributed by atoms with Crippen LogP contribution >= 0.6 is 11.6 Å². The summed E-state index contributed by atoms with van der Waals surface area (Å²) in [6, 6.07) is 0. The molecule has 1 aromatic rings. The van der Waals surface area contributed by atoms with Crippen LogP contribution in [-0.2, 0) is 16.6 Å². The Labute approximate surface area is 148 Å². The number of carbonyl (C=O) groups is 2. The minimum atomic E-state index is -2.92. The molecule has 0 bridgehead atoms. The Morgan fingerprint density at radius 1 is 1.48 bits per heavy atom. The fraction of sp³-hybridized carbons (Fsp3) is 0.438. The molecule has 6 nitrogen and oxygen atoms in total. The third kappa shape index (κ3) is 4.25. The normalized spacial score (nSPS) is 22.2. The molecule has 9 heteroatoms. The Kier molecular flexibility index (Phi) is 5.94. The van der Waals surface area contributed by atoms with Crippen LogP contribution in [0.1, 0.15) is 35.8 Å². The molecular weight excluding hydrogens is 356 g/mol. The van der Waals surface area contributed by atoms with E-state index in [4.69, 9.17) is 16.3 Å². The first kappa shape index (κ1) is 19.1. The lowest BCUT2D eigenvalue weighted by Gasteiger charge is -2.32. The van der Waals surface area contributed by atoms with Crippen molar-refractivity contribution in [1.82, 2.24) is 15.1 Å². The number of hydrogen-bond acceptors (Lipinski definition) is 4. The average Bonchev–Trinajstić information content (AvgIpc) is 2.95. The smallest absolute Gasteiger partial charge is 0.316 e. The Bertz CT molecular complexity index is 717. The standard InChI is InChI=1S/C16H18ClF2N3O3/c1-3-8-25-15(24)11-6-4-5-7-16(11,17)20-14(23)10-9-22(2)21-12(10)13(18)19/h4-7,9,11,13H,3,8H2,1-2H3,(H,20,23)/t11-,16?/m0/s1. The van der Waals surface area contributed by atoms with Crippen molar-refractivity contribution in [3.63, 3.8) is 0 Å². The molecule has 0 fully saturated rings. The number of ether oxygens (including phenoxy) is 1. The van der Waals surface area contributed by atoms with Gasteiger partial charge in [0, 0.05) is 13.2 Å². The van der Waals surface area contributed by atoms with Gasteiger partial charge in [-0.1, -0.05) is 36.8 Å². The topological polar surface area (TPSA) is 73.2 Å². The van der Waals surface area contributed by atoms with Gasteiger partial charge in [-0.05, 0) is 12.5 Å². The highest BCUT2D eigenvalue weighted by Gasteiger charge is 2.42. The van der Waals surface area contributed by atoms with Gasteiger partial charge in [0.15, 0.2) is 5.00 Å². The second-order valence-electron chi connectivity index (χ2n) is 5.51. The van der Waals surface area contributed by atoms with Crippen LogP contribution in [-0.4, -0.2) is 33.3 Å². The molecule has 0 spiro atoms. The predicted octanol–water partition coefficient (Wildman–Crippen LogP) is 2.72. The number of aromatic nitrogens is 2. The third-order valence-corrected chi connectivity index (χ3v) is 3.98. The van der Waals surface area contributed by atoms with E-state index in [0.717, 1.165) is 4.68 Å². The number of nitrogens with one attached hydrogen (secondary N) is 1. The van der Waals surface area contributed by atoms with Crippen LogP contribution in [0.4, 0.5) is 8.78 Å². The zero-order valence-electron chi connectivity index (χ0n) is 13.7. The van der Waals surface area contributed by atoms with Crippen molar-refractivity contribution < 1.29 is 23.1 Å². The SMILES string of the molecule is CCCOC(=O)[C@@H]1C=CC=CC1(Cl)NC(=O)c1cn(C)nc1C(F)F. The van der Waals surface area contributed by atoms with Crippen LogP contribution in [0.2, 0.25) is 0 Å². The first-order valence-electron chi connectivity index (χ1n) is 7.64. The number of alkyl halides is 3. The van der Waals surface area contributed by atoms with Crippen LogP contribution in [0.25, 0.3) is 0 Å².